The van der Waals surface area contributed by atoms with E-state index in [9.17, 15) is 8.42 Å². The Kier molecular flexibility index (Phi) is 4.45. The van der Waals surface area contributed by atoms with E-state index in [1.165, 1.54) is 0 Å². The van der Waals surface area contributed by atoms with Crippen molar-refractivity contribution in [2.24, 2.45) is 5.92 Å². The summed E-state index contributed by atoms with van der Waals surface area (Å²) >= 11 is 0. The number of sulfone groups is 1. The van der Waals surface area contributed by atoms with Crippen molar-refractivity contribution >= 4 is 20.6 Å². The summed E-state index contributed by atoms with van der Waals surface area (Å²) in [5, 5.41) is 5.10. The second kappa shape index (κ2) is 5.94. The molecule has 0 aliphatic rings. The van der Waals surface area contributed by atoms with Crippen LogP contribution in [0.25, 0.3) is 10.8 Å². The molecule has 0 spiro atoms. The minimum absolute atomic E-state index is 0.0357. The van der Waals surface area contributed by atoms with Crippen molar-refractivity contribution in [3.63, 3.8) is 0 Å². The van der Waals surface area contributed by atoms with Gasteiger partial charge in [-0.15, -0.1) is 0 Å². The quantitative estimate of drug-likeness (QED) is 0.921. The zero-order valence-corrected chi connectivity index (χ0v) is 12.9. The second-order valence-corrected chi connectivity index (χ2v) is 7.46. The van der Waals surface area contributed by atoms with Gasteiger partial charge >= 0.3 is 0 Å². The Bertz CT molecular complexity index is 692. The van der Waals surface area contributed by atoms with Crippen molar-refractivity contribution in [2.45, 2.75) is 24.8 Å². The summed E-state index contributed by atoms with van der Waals surface area (Å²) in [4.78, 5) is 0.400. The van der Waals surface area contributed by atoms with Crippen LogP contribution in [0.3, 0.4) is 0 Å². The third-order valence-electron chi connectivity index (χ3n) is 3.65. The maximum absolute atomic E-state index is 12.5. The third-order valence-corrected chi connectivity index (χ3v) is 5.42. The molecule has 4 heteroatoms. The molecule has 0 aliphatic carbocycles. The number of nitrogens with one attached hydrogen (secondary N) is 1. The summed E-state index contributed by atoms with van der Waals surface area (Å²) in [6, 6.07) is 13.1. The van der Waals surface area contributed by atoms with Gasteiger partial charge in [0, 0.05) is 6.04 Å². The molecule has 0 fully saturated rings. The summed E-state index contributed by atoms with van der Waals surface area (Å²) in [5.41, 5.74) is 0. The first-order valence-electron chi connectivity index (χ1n) is 6.83. The number of fused-ring (bicyclic) bond motifs is 1. The molecule has 1 N–H and O–H groups in total. The first-order valence-corrected chi connectivity index (χ1v) is 8.48. The highest BCUT2D eigenvalue weighted by Crippen LogP contribution is 2.21. The number of hydrogen-bond donors (Lipinski definition) is 1. The molecule has 2 aromatic rings. The fourth-order valence-corrected chi connectivity index (χ4v) is 4.10. The van der Waals surface area contributed by atoms with Gasteiger partial charge in [0.2, 0.25) is 0 Å². The molecule has 2 rings (SSSR count). The maximum Gasteiger partial charge on any atom is 0.179 e. The number of rotatable bonds is 5. The van der Waals surface area contributed by atoms with E-state index in [4.69, 9.17) is 0 Å². The summed E-state index contributed by atoms with van der Waals surface area (Å²) in [6.07, 6.45) is 0. The number of hydrogen-bond acceptors (Lipinski definition) is 3. The van der Waals surface area contributed by atoms with Gasteiger partial charge in [-0.1, -0.05) is 44.2 Å². The molecule has 1 atom stereocenters. The average molecular weight is 291 g/mol. The normalized spacial score (nSPS) is 13.8. The summed E-state index contributed by atoms with van der Waals surface area (Å²) in [6.45, 7) is 4.05. The molecule has 0 bridgehead atoms. The molecule has 20 heavy (non-hydrogen) atoms. The highest BCUT2D eigenvalue weighted by molar-refractivity contribution is 7.91. The zero-order chi connectivity index (χ0) is 14.8. The fraction of sp³-hybridized carbons (Fsp3) is 0.375. The van der Waals surface area contributed by atoms with Gasteiger partial charge in [-0.25, -0.2) is 8.42 Å². The summed E-state index contributed by atoms with van der Waals surface area (Å²) < 4.78 is 25.0. The van der Waals surface area contributed by atoms with Crippen molar-refractivity contribution in [1.82, 2.24) is 5.32 Å². The maximum atomic E-state index is 12.5. The SMILES string of the molecule is CNC(CS(=O)(=O)c1ccc2ccccc2c1)C(C)C. The minimum Gasteiger partial charge on any atom is -0.316 e. The van der Waals surface area contributed by atoms with Crippen molar-refractivity contribution < 1.29 is 8.42 Å². The van der Waals surface area contributed by atoms with Crippen molar-refractivity contribution in [3.8, 4) is 0 Å². The van der Waals surface area contributed by atoms with Crippen LogP contribution in [0.1, 0.15) is 13.8 Å². The highest BCUT2D eigenvalue weighted by atomic mass is 32.2. The number of benzene rings is 2. The smallest absolute Gasteiger partial charge is 0.179 e. The van der Waals surface area contributed by atoms with E-state index in [1.807, 2.05) is 44.2 Å². The Morgan fingerprint density at radius 1 is 1.05 bits per heavy atom. The molecule has 0 aromatic heterocycles. The Labute approximate surface area is 120 Å². The topological polar surface area (TPSA) is 46.2 Å². The van der Waals surface area contributed by atoms with Crippen molar-refractivity contribution in [1.29, 1.82) is 0 Å². The van der Waals surface area contributed by atoms with Crippen LogP contribution in [-0.2, 0) is 9.84 Å². The molecule has 2 aromatic carbocycles. The lowest BCUT2D eigenvalue weighted by molar-refractivity contribution is 0.455. The van der Waals surface area contributed by atoms with Gasteiger partial charge in [0.15, 0.2) is 9.84 Å². The van der Waals surface area contributed by atoms with E-state index < -0.39 is 9.84 Å². The predicted molar refractivity (Wildman–Crippen MR) is 83.7 cm³/mol. The van der Waals surface area contributed by atoms with E-state index in [0.29, 0.717) is 4.90 Å². The lowest BCUT2D eigenvalue weighted by Gasteiger charge is -2.20. The van der Waals surface area contributed by atoms with Crippen LogP contribution in [0.15, 0.2) is 47.4 Å². The largest absolute Gasteiger partial charge is 0.316 e. The highest BCUT2D eigenvalue weighted by Gasteiger charge is 2.22. The molecular weight excluding hydrogens is 270 g/mol. The van der Waals surface area contributed by atoms with Crippen LogP contribution < -0.4 is 5.32 Å². The van der Waals surface area contributed by atoms with E-state index in [0.717, 1.165) is 10.8 Å². The molecule has 1 unspecified atom stereocenters. The van der Waals surface area contributed by atoms with Crippen LogP contribution >= 0.6 is 0 Å². The molecule has 0 saturated carbocycles. The lowest BCUT2D eigenvalue weighted by Crippen LogP contribution is -2.37. The van der Waals surface area contributed by atoms with E-state index in [2.05, 4.69) is 5.32 Å². The fourth-order valence-electron chi connectivity index (χ4n) is 2.30. The second-order valence-electron chi connectivity index (χ2n) is 5.43. The molecule has 0 saturated heterocycles. The van der Waals surface area contributed by atoms with Gasteiger partial charge in [0.1, 0.15) is 0 Å². The standard InChI is InChI=1S/C16H21NO2S/c1-12(2)16(17-3)11-20(18,19)15-9-8-13-6-4-5-7-14(13)10-15/h4-10,12,16-17H,11H2,1-3H3. The Balaban J connectivity index is 2.36. The third kappa shape index (κ3) is 3.19. The van der Waals surface area contributed by atoms with E-state index >= 15 is 0 Å². The zero-order valence-electron chi connectivity index (χ0n) is 12.1. The molecule has 0 heterocycles. The first kappa shape index (κ1) is 15.0. The van der Waals surface area contributed by atoms with Gasteiger partial charge in [-0.2, -0.15) is 0 Å². The van der Waals surface area contributed by atoms with Gasteiger partial charge in [-0.3, -0.25) is 0 Å². The monoisotopic (exact) mass is 291 g/mol. The van der Waals surface area contributed by atoms with E-state index in [1.54, 1.807) is 19.2 Å². The predicted octanol–water partition coefficient (Wildman–Crippen LogP) is 2.86. The Morgan fingerprint density at radius 2 is 1.70 bits per heavy atom. The van der Waals surface area contributed by atoms with Crippen LogP contribution in [-0.4, -0.2) is 27.3 Å². The molecule has 108 valence electrons. The molecular formula is C16H21NO2S. The van der Waals surface area contributed by atoms with Crippen LogP contribution in [0.4, 0.5) is 0 Å². The molecule has 0 aliphatic heterocycles. The van der Waals surface area contributed by atoms with E-state index in [-0.39, 0.29) is 17.7 Å². The molecule has 0 radical (unpaired) electrons. The average Bonchev–Trinajstić information content (AvgIpc) is 2.44. The minimum atomic E-state index is -3.27. The molecule has 3 nitrogen and oxygen atoms in total. The van der Waals surface area contributed by atoms with Gasteiger partial charge in [-0.05, 0) is 35.9 Å². The first-order chi connectivity index (χ1) is 9.44. The molecule has 0 amide bonds. The van der Waals surface area contributed by atoms with Crippen molar-refractivity contribution in [2.75, 3.05) is 12.8 Å². The van der Waals surface area contributed by atoms with Gasteiger partial charge < -0.3 is 5.32 Å². The van der Waals surface area contributed by atoms with Crippen LogP contribution in [0.2, 0.25) is 0 Å². The Morgan fingerprint density at radius 3 is 2.30 bits per heavy atom. The summed E-state index contributed by atoms with van der Waals surface area (Å²) in [5.74, 6) is 0.398. The van der Waals surface area contributed by atoms with Crippen LogP contribution in [0, 0.1) is 5.92 Å². The van der Waals surface area contributed by atoms with Gasteiger partial charge in [0.25, 0.3) is 0 Å². The summed E-state index contributed by atoms with van der Waals surface area (Å²) in [7, 11) is -1.46. The Hall–Kier alpha value is -1.39. The van der Waals surface area contributed by atoms with Gasteiger partial charge in [0.05, 0.1) is 10.6 Å². The van der Waals surface area contributed by atoms with Crippen LogP contribution in [0.5, 0.6) is 0 Å². The van der Waals surface area contributed by atoms with Crippen molar-refractivity contribution in [3.05, 3.63) is 42.5 Å². The lowest BCUT2D eigenvalue weighted by atomic mass is 10.1.